The molecule has 2 unspecified atom stereocenters. The zero-order valence-electron chi connectivity index (χ0n) is 54.8. The molecule has 1 amide bonds. The highest BCUT2D eigenvalue weighted by atomic mass is 16.5. The smallest absolute Gasteiger partial charge is 0.305 e. The second kappa shape index (κ2) is 70.6. The van der Waals surface area contributed by atoms with E-state index in [2.05, 4.69) is 43.5 Å². The van der Waals surface area contributed by atoms with Crippen molar-refractivity contribution in [2.24, 2.45) is 0 Å². The van der Waals surface area contributed by atoms with E-state index in [4.69, 9.17) is 4.74 Å². The number of allylic oxidation sites excluding steroid dienone is 5. The molecule has 0 spiro atoms. The highest BCUT2D eigenvalue weighted by molar-refractivity contribution is 5.76. The van der Waals surface area contributed by atoms with Crippen LogP contribution in [0.1, 0.15) is 406 Å². The molecule has 0 heterocycles. The summed E-state index contributed by atoms with van der Waals surface area (Å²) in [6.07, 6.45) is 90.8. The van der Waals surface area contributed by atoms with Crippen molar-refractivity contribution >= 4 is 11.9 Å². The van der Waals surface area contributed by atoms with E-state index in [0.29, 0.717) is 19.4 Å². The maximum atomic E-state index is 12.5. The number of rotatable bonds is 69. The van der Waals surface area contributed by atoms with Crippen LogP contribution >= 0.6 is 0 Å². The van der Waals surface area contributed by atoms with Gasteiger partial charge in [-0.2, -0.15) is 0 Å². The lowest BCUT2D eigenvalue weighted by atomic mass is 10.0. The number of amides is 1. The van der Waals surface area contributed by atoms with Crippen molar-refractivity contribution in [1.29, 1.82) is 0 Å². The molecule has 0 radical (unpaired) electrons. The minimum Gasteiger partial charge on any atom is -0.466 e. The van der Waals surface area contributed by atoms with Gasteiger partial charge in [0.1, 0.15) is 0 Å². The monoisotopic (exact) mass is 1140 g/mol. The number of carbonyl (C=O) groups excluding carboxylic acids is 2. The van der Waals surface area contributed by atoms with Crippen molar-refractivity contribution in [2.45, 2.75) is 418 Å². The quantitative estimate of drug-likeness (QED) is 0.0320. The lowest BCUT2D eigenvalue weighted by molar-refractivity contribution is -0.143. The first-order valence-electron chi connectivity index (χ1n) is 36.8. The van der Waals surface area contributed by atoms with E-state index in [-0.39, 0.29) is 18.5 Å². The summed E-state index contributed by atoms with van der Waals surface area (Å²) in [7, 11) is 0. The van der Waals surface area contributed by atoms with Crippen LogP contribution in [0.25, 0.3) is 0 Å². The molecule has 0 fully saturated rings. The molecule has 0 aromatic rings. The van der Waals surface area contributed by atoms with Gasteiger partial charge in [0, 0.05) is 12.8 Å². The summed E-state index contributed by atoms with van der Waals surface area (Å²) in [5, 5.41) is 23.3. The van der Waals surface area contributed by atoms with Gasteiger partial charge >= 0.3 is 5.97 Å². The summed E-state index contributed by atoms with van der Waals surface area (Å²) < 4.78 is 5.51. The molecule has 0 rings (SSSR count). The van der Waals surface area contributed by atoms with Crippen LogP contribution in [0.15, 0.2) is 36.5 Å². The second-order valence-electron chi connectivity index (χ2n) is 25.3. The Bertz CT molecular complexity index is 1310. The lowest BCUT2D eigenvalue weighted by Crippen LogP contribution is -2.45. The lowest BCUT2D eigenvalue weighted by Gasteiger charge is -2.20. The number of aliphatic hydroxyl groups excluding tert-OH is 2. The van der Waals surface area contributed by atoms with E-state index in [1.165, 1.54) is 327 Å². The van der Waals surface area contributed by atoms with Gasteiger partial charge in [-0.05, 0) is 64.2 Å². The molecule has 0 saturated heterocycles. The molecule has 0 aromatic carbocycles. The van der Waals surface area contributed by atoms with Crippen molar-refractivity contribution in [3.63, 3.8) is 0 Å². The standard InChI is InChI=1S/C75H143NO5/c1-3-5-7-9-11-13-15-17-19-21-23-24-25-26-27-28-32-35-39-43-47-51-55-59-63-67-73(78)72(71-77)76-74(79)68-64-60-56-52-48-44-40-36-33-29-30-34-38-42-46-50-54-58-62-66-70-81-75(80)69-65-61-57-53-49-45-41-37-31-22-20-18-16-14-12-10-8-6-4-2/h12,14,18,20,63,67,72-73,77-78H,3-11,13,15-17,19,21-62,64-66,68-71H2,1-2H3,(H,76,79)/b14-12-,20-18-,67-63+. The fourth-order valence-corrected chi connectivity index (χ4v) is 11.6. The van der Waals surface area contributed by atoms with E-state index >= 15 is 0 Å². The number of hydrogen-bond donors (Lipinski definition) is 3. The first kappa shape index (κ1) is 79.1. The molecule has 3 N–H and O–H groups in total. The third kappa shape index (κ3) is 67.1. The zero-order valence-corrected chi connectivity index (χ0v) is 54.8. The maximum Gasteiger partial charge on any atom is 0.305 e. The number of esters is 1. The van der Waals surface area contributed by atoms with Gasteiger partial charge < -0.3 is 20.3 Å². The molecule has 0 aliphatic carbocycles. The fourth-order valence-electron chi connectivity index (χ4n) is 11.6. The van der Waals surface area contributed by atoms with Gasteiger partial charge in [0.15, 0.2) is 0 Å². The Labute approximate surface area is 506 Å². The first-order valence-corrected chi connectivity index (χ1v) is 36.8. The Hall–Kier alpha value is -1.92. The fraction of sp³-hybridized carbons (Fsp3) is 0.893. The van der Waals surface area contributed by atoms with Crippen molar-refractivity contribution < 1.29 is 24.5 Å². The molecule has 0 saturated carbocycles. The number of ether oxygens (including phenoxy) is 1. The molecule has 0 aliphatic heterocycles. The van der Waals surface area contributed by atoms with Crippen molar-refractivity contribution in [2.75, 3.05) is 13.2 Å². The van der Waals surface area contributed by atoms with Crippen molar-refractivity contribution in [3.8, 4) is 0 Å². The molecule has 81 heavy (non-hydrogen) atoms. The van der Waals surface area contributed by atoms with Crippen LogP contribution in [0, 0.1) is 0 Å². The number of unbranched alkanes of at least 4 members (excludes halogenated alkanes) is 54. The Morgan fingerprint density at radius 2 is 0.617 bits per heavy atom. The first-order chi connectivity index (χ1) is 40.0. The van der Waals surface area contributed by atoms with E-state index in [1.807, 2.05) is 6.08 Å². The van der Waals surface area contributed by atoms with Crippen LogP contribution in [-0.2, 0) is 14.3 Å². The molecular weight excluding hydrogens is 995 g/mol. The van der Waals surface area contributed by atoms with Crippen LogP contribution in [0.2, 0.25) is 0 Å². The molecule has 478 valence electrons. The normalized spacial score (nSPS) is 12.7. The van der Waals surface area contributed by atoms with Crippen LogP contribution in [-0.4, -0.2) is 47.4 Å². The summed E-state index contributed by atoms with van der Waals surface area (Å²) in [5.41, 5.74) is 0. The topological polar surface area (TPSA) is 95.9 Å². The zero-order chi connectivity index (χ0) is 58.5. The van der Waals surface area contributed by atoms with Crippen molar-refractivity contribution in [1.82, 2.24) is 5.32 Å². The summed E-state index contributed by atoms with van der Waals surface area (Å²) in [6, 6.07) is -0.632. The summed E-state index contributed by atoms with van der Waals surface area (Å²) >= 11 is 0. The Kier molecular flexibility index (Phi) is 68.9. The van der Waals surface area contributed by atoms with Crippen LogP contribution in [0.5, 0.6) is 0 Å². The third-order valence-electron chi connectivity index (χ3n) is 17.2. The number of nitrogens with one attached hydrogen (secondary N) is 1. The van der Waals surface area contributed by atoms with Crippen LogP contribution < -0.4 is 5.32 Å². The highest BCUT2D eigenvalue weighted by Gasteiger charge is 2.18. The molecule has 0 aromatic heterocycles. The number of aliphatic hydroxyl groups is 2. The largest absolute Gasteiger partial charge is 0.466 e. The van der Waals surface area contributed by atoms with Crippen LogP contribution in [0.4, 0.5) is 0 Å². The minimum atomic E-state index is -0.848. The molecule has 0 aliphatic rings. The molecule has 0 bridgehead atoms. The van der Waals surface area contributed by atoms with E-state index in [9.17, 15) is 19.8 Å². The summed E-state index contributed by atoms with van der Waals surface area (Å²) in [5.74, 6) is -0.0584. The average molecular weight is 1140 g/mol. The second-order valence-corrected chi connectivity index (χ2v) is 25.3. The van der Waals surface area contributed by atoms with Gasteiger partial charge in [0.05, 0.1) is 25.4 Å². The van der Waals surface area contributed by atoms with Gasteiger partial charge in [-0.15, -0.1) is 0 Å². The Balaban J connectivity index is 3.41. The molecule has 6 nitrogen and oxygen atoms in total. The minimum absolute atomic E-state index is 0.00707. The van der Waals surface area contributed by atoms with Gasteiger partial charge in [-0.3, -0.25) is 9.59 Å². The highest BCUT2D eigenvalue weighted by Crippen LogP contribution is 2.19. The number of carbonyl (C=O) groups is 2. The Morgan fingerprint density at radius 1 is 0.346 bits per heavy atom. The SMILES string of the molecule is CCCCC/C=C\C/C=C\CCCCCCCCCCCC(=O)OCCCCCCCCCCCCCCCCCCCCCCC(=O)NC(CO)C(O)/C=C/CCCCCCCCCCCCCCCCCCCCCCCCC. The number of hydrogen-bond acceptors (Lipinski definition) is 5. The molecule has 6 heteroatoms. The third-order valence-corrected chi connectivity index (χ3v) is 17.2. The van der Waals surface area contributed by atoms with E-state index in [1.54, 1.807) is 6.08 Å². The average Bonchev–Trinajstić information content (AvgIpc) is 3.47. The Morgan fingerprint density at radius 3 is 0.963 bits per heavy atom. The predicted molar refractivity (Wildman–Crippen MR) is 356 cm³/mol. The van der Waals surface area contributed by atoms with Gasteiger partial charge in [-0.25, -0.2) is 0 Å². The van der Waals surface area contributed by atoms with Crippen molar-refractivity contribution in [3.05, 3.63) is 36.5 Å². The van der Waals surface area contributed by atoms with Crippen LogP contribution in [0.3, 0.4) is 0 Å². The maximum absolute atomic E-state index is 12.5. The summed E-state index contributed by atoms with van der Waals surface area (Å²) in [6.45, 7) is 4.91. The van der Waals surface area contributed by atoms with Gasteiger partial charge in [0.25, 0.3) is 0 Å². The summed E-state index contributed by atoms with van der Waals surface area (Å²) in [4.78, 5) is 24.7. The van der Waals surface area contributed by atoms with Gasteiger partial charge in [-0.1, -0.05) is 365 Å². The predicted octanol–water partition coefficient (Wildman–Crippen LogP) is 23.9. The van der Waals surface area contributed by atoms with E-state index < -0.39 is 12.1 Å². The molecular formula is C75H143NO5. The van der Waals surface area contributed by atoms with Gasteiger partial charge in [0.2, 0.25) is 5.91 Å². The van der Waals surface area contributed by atoms with E-state index in [0.717, 1.165) is 51.4 Å². The molecule has 2 atom stereocenters.